The molecule has 6 nitrogen and oxygen atoms in total. The highest BCUT2D eigenvalue weighted by atomic mass is 16.6. The first-order valence-corrected chi connectivity index (χ1v) is 10.4. The number of likely N-dealkylation sites (tertiary alicyclic amines) is 1. The molecule has 2 aromatic carbocycles. The van der Waals surface area contributed by atoms with Crippen LogP contribution in [-0.4, -0.2) is 35.8 Å². The van der Waals surface area contributed by atoms with Crippen LogP contribution in [0.1, 0.15) is 37.3 Å². The van der Waals surface area contributed by atoms with Gasteiger partial charge < -0.3 is 14.4 Å². The molecule has 0 radical (unpaired) electrons. The molecule has 0 bridgehead atoms. The van der Waals surface area contributed by atoms with Crippen LogP contribution < -0.4 is 4.74 Å². The van der Waals surface area contributed by atoms with E-state index < -0.39 is 0 Å². The molecule has 1 amide bonds. The van der Waals surface area contributed by atoms with Gasteiger partial charge in [-0.2, -0.15) is 0 Å². The van der Waals surface area contributed by atoms with Crippen LogP contribution in [0.2, 0.25) is 0 Å². The number of allylic oxidation sites excluding steroid dienone is 2. The summed E-state index contributed by atoms with van der Waals surface area (Å²) < 4.78 is 10.5. The number of ether oxygens (including phenoxy) is 2. The fraction of sp³-hybridized carbons (Fsp3) is 0.320. The lowest BCUT2D eigenvalue weighted by molar-refractivity contribution is -0.131. The van der Waals surface area contributed by atoms with Crippen molar-refractivity contribution in [1.29, 1.82) is 0 Å². The molecule has 31 heavy (non-hydrogen) atoms. The number of Topliss-reactive ketones (excluding diaryl/α,β-unsaturated/α-hetero) is 1. The van der Waals surface area contributed by atoms with Crippen molar-refractivity contribution in [1.82, 2.24) is 4.90 Å². The summed E-state index contributed by atoms with van der Waals surface area (Å²) in [5, 5.41) is 0. The van der Waals surface area contributed by atoms with Crippen LogP contribution in [-0.2, 0) is 20.9 Å². The van der Waals surface area contributed by atoms with Gasteiger partial charge in [-0.15, -0.1) is 0 Å². The number of ketones is 1. The van der Waals surface area contributed by atoms with Crippen LogP contribution in [0.4, 0.5) is 4.79 Å². The van der Waals surface area contributed by atoms with E-state index in [1.54, 1.807) is 29.2 Å². The third-order valence-electron chi connectivity index (χ3n) is 5.91. The summed E-state index contributed by atoms with van der Waals surface area (Å²) in [6.45, 7) is 2.74. The number of benzene rings is 2. The fourth-order valence-corrected chi connectivity index (χ4v) is 4.23. The van der Waals surface area contributed by atoms with E-state index in [0.29, 0.717) is 30.8 Å². The van der Waals surface area contributed by atoms with Crippen molar-refractivity contribution < 1.29 is 23.9 Å². The van der Waals surface area contributed by atoms with E-state index in [1.165, 1.54) is 6.92 Å². The highest BCUT2D eigenvalue weighted by Crippen LogP contribution is 2.45. The average Bonchev–Trinajstić information content (AvgIpc) is 3.09. The van der Waals surface area contributed by atoms with Crippen molar-refractivity contribution >= 4 is 23.4 Å². The van der Waals surface area contributed by atoms with Gasteiger partial charge in [-0.05, 0) is 41.5 Å². The van der Waals surface area contributed by atoms with Crippen molar-refractivity contribution in [2.75, 3.05) is 13.1 Å². The molecule has 1 spiro atoms. The van der Waals surface area contributed by atoms with E-state index in [0.717, 1.165) is 24.0 Å². The highest BCUT2D eigenvalue weighted by molar-refractivity contribution is 6.23. The molecule has 0 N–H and O–H groups in total. The summed E-state index contributed by atoms with van der Waals surface area (Å²) in [6.07, 6.45) is 3.68. The Morgan fingerprint density at radius 1 is 1.00 bits per heavy atom. The molecule has 1 saturated heterocycles. The fourth-order valence-electron chi connectivity index (χ4n) is 4.23. The Morgan fingerprint density at radius 3 is 2.32 bits per heavy atom. The van der Waals surface area contributed by atoms with Crippen LogP contribution in [0.5, 0.6) is 5.75 Å². The van der Waals surface area contributed by atoms with Gasteiger partial charge in [-0.3, -0.25) is 9.59 Å². The number of nitrogens with zero attached hydrogens (tertiary/aromatic N) is 1. The molecule has 6 heteroatoms. The standard InChI is InChI=1S/C25H25NO5/c1-18(27)31-21-9-7-20(8-10-21)22-15-25(16-23(22)28)11-13-26(14-12-25)24(29)30-17-19-5-3-2-4-6-19/h2-10,15H,11-14,16-17H2,1H3. The number of esters is 1. The maximum absolute atomic E-state index is 12.7. The number of hydrogen-bond acceptors (Lipinski definition) is 5. The Kier molecular flexibility index (Phi) is 5.89. The van der Waals surface area contributed by atoms with E-state index >= 15 is 0 Å². The van der Waals surface area contributed by atoms with Gasteiger partial charge in [0.2, 0.25) is 0 Å². The van der Waals surface area contributed by atoms with Gasteiger partial charge in [-0.25, -0.2) is 4.79 Å². The normalized spacial score (nSPS) is 17.4. The van der Waals surface area contributed by atoms with Crippen LogP contribution in [0.3, 0.4) is 0 Å². The van der Waals surface area contributed by atoms with Crippen molar-refractivity contribution in [2.45, 2.75) is 32.8 Å². The molecule has 0 aromatic heterocycles. The number of amides is 1. The molecule has 1 fully saturated rings. The zero-order valence-electron chi connectivity index (χ0n) is 17.5. The number of carbonyl (C=O) groups is 3. The maximum Gasteiger partial charge on any atom is 0.410 e. The van der Waals surface area contributed by atoms with Crippen LogP contribution in [0, 0.1) is 5.41 Å². The minimum Gasteiger partial charge on any atom is -0.445 e. The lowest BCUT2D eigenvalue weighted by Crippen LogP contribution is -2.42. The van der Waals surface area contributed by atoms with Crippen LogP contribution in [0.15, 0.2) is 60.7 Å². The third kappa shape index (κ3) is 4.85. The van der Waals surface area contributed by atoms with Crippen LogP contribution in [0.25, 0.3) is 5.57 Å². The molecule has 1 aliphatic heterocycles. The smallest absolute Gasteiger partial charge is 0.410 e. The quantitative estimate of drug-likeness (QED) is 0.543. The predicted octanol–water partition coefficient (Wildman–Crippen LogP) is 4.39. The van der Waals surface area contributed by atoms with Gasteiger partial charge in [0, 0.05) is 32.0 Å². The molecule has 0 unspecified atom stereocenters. The monoisotopic (exact) mass is 419 g/mol. The molecule has 1 aliphatic carbocycles. The largest absolute Gasteiger partial charge is 0.445 e. The summed E-state index contributed by atoms with van der Waals surface area (Å²) in [6, 6.07) is 16.6. The van der Waals surface area contributed by atoms with E-state index in [4.69, 9.17) is 9.47 Å². The van der Waals surface area contributed by atoms with Gasteiger partial charge >= 0.3 is 12.1 Å². The third-order valence-corrected chi connectivity index (χ3v) is 5.91. The number of rotatable bonds is 4. The second-order valence-corrected chi connectivity index (χ2v) is 8.17. The summed E-state index contributed by atoms with van der Waals surface area (Å²) in [5.41, 5.74) is 2.27. The van der Waals surface area contributed by atoms with E-state index in [2.05, 4.69) is 6.08 Å². The Labute approximate surface area is 181 Å². The second kappa shape index (κ2) is 8.76. The minimum atomic E-state index is -0.378. The molecule has 0 atom stereocenters. The van der Waals surface area contributed by atoms with Crippen molar-refractivity contribution in [3.05, 3.63) is 71.8 Å². The number of carbonyl (C=O) groups excluding carboxylic acids is 3. The zero-order chi connectivity index (χ0) is 21.8. The maximum atomic E-state index is 12.7. The molecule has 0 saturated carbocycles. The summed E-state index contributed by atoms with van der Waals surface area (Å²) in [5.74, 6) is 0.191. The molecular weight excluding hydrogens is 394 g/mol. The Balaban J connectivity index is 1.36. The van der Waals surface area contributed by atoms with Crippen LogP contribution >= 0.6 is 0 Å². The van der Waals surface area contributed by atoms with Gasteiger partial charge in [0.15, 0.2) is 5.78 Å². The lowest BCUT2D eigenvalue weighted by atomic mass is 9.78. The molecular formula is C25H25NO5. The SMILES string of the molecule is CC(=O)Oc1ccc(C2=CC3(CCN(C(=O)OCc4ccccc4)CC3)CC2=O)cc1. The minimum absolute atomic E-state index is 0.111. The van der Waals surface area contributed by atoms with Gasteiger partial charge in [-0.1, -0.05) is 48.5 Å². The van der Waals surface area contributed by atoms with Crippen molar-refractivity contribution in [2.24, 2.45) is 5.41 Å². The van der Waals surface area contributed by atoms with Crippen molar-refractivity contribution in [3.8, 4) is 5.75 Å². The highest BCUT2D eigenvalue weighted by Gasteiger charge is 2.41. The Morgan fingerprint density at radius 2 is 1.68 bits per heavy atom. The predicted molar refractivity (Wildman–Crippen MR) is 115 cm³/mol. The van der Waals surface area contributed by atoms with Gasteiger partial charge in [0.05, 0.1) is 0 Å². The number of piperidine rings is 1. The Bertz CT molecular complexity index is 1000. The average molecular weight is 419 g/mol. The van der Waals surface area contributed by atoms with Crippen molar-refractivity contribution in [3.63, 3.8) is 0 Å². The summed E-state index contributed by atoms with van der Waals surface area (Å²) in [7, 11) is 0. The first-order valence-electron chi connectivity index (χ1n) is 10.4. The van der Waals surface area contributed by atoms with Gasteiger partial charge in [0.1, 0.15) is 12.4 Å². The van der Waals surface area contributed by atoms with E-state index in [-0.39, 0.29) is 29.9 Å². The zero-order valence-corrected chi connectivity index (χ0v) is 17.5. The second-order valence-electron chi connectivity index (χ2n) is 8.17. The summed E-state index contributed by atoms with van der Waals surface area (Å²) >= 11 is 0. The molecule has 1 heterocycles. The van der Waals surface area contributed by atoms with Gasteiger partial charge in [0.25, 0.3) is 0 Å². The summed E-state index contributed by atoms with van der Waals surface area (Å²) in [4.78, 5) is 37.9. The molecule has 2 aromatic rings. The molecule has 4 rings (SSSR count). The Hall–Kier alpha value is -3.41. The topological polar surface area (TPSA) is 72.9 Å². The lowest BCUT2D eigenvalue weighted by Gasteiger charge is -2.37. The van der Waals surface area contributed by atoms with E-state index in [9.17, 15) is 14.4 Å². The van der Waals surface area contributed by atoms with E-state index in [1.807, 2.05) is 30.3 Å². The first-order chi connectivity index (χ1) is 14.9. The number of hydrogen-bond donors (Lipinski definition) is 0. The first kappa shape index (κ1) is 20.8. The molecule has 2 aliphatic rings. The molecule has 160 valence electrons.